The number of carbonyl (C=O) groups is 1. The van der Waals surface area contributed by atoms with Crippen LogP contribution in [0.4, 0.5) is 0 Å². The number of likely N-dealkylation sites (tertiary alicyclic amines) is 1. The minimum absolute atomic E-state index is 0.0539. The van der Waals surface area contributed by atoms with Crippen LogP contribution in [0.3, 0.4) is 0 Å². The highest BCUT2D eigenvalue weighted by Gasteiger charge is 2.26. The molecule has 0 bridgehead atoms. The number of aryl methyl sites for hydroxylation is 1. The third-order valence-electron chi connectivity index (χ3n) is 5.50. The molecule has 8 heteroatoms. The highest BCUT2D eigenvalue weighted by Crippen LogP contribution is 2.21. The average Bonchev–Trinajstić information content (AvgIpc) is 3.27. The zero-order chi connectivity index (χ0) is 22.3. The molecule has 0 saturated carbocycles. The molecule has 7 nitrogen and oxygen atoms in total. The second kappa shape index (κ2) is 10.6. The van der Waals surface area contributed by atoms with E-state index in [2.05, 4.69) is 20.4 Å². The van der Waals surface area contributed by atoms with Crippen LogP contribution in [-0.2, 0) is 11.3 Å². The second-order valence-corrected chi connectivity index (χ2v) is 8.48. The summed E-state index contributed by atoms with van der Waals surface area (Å²) in [5.41, 5.74) is 2.04. The summed E-state index contributed by atoms with van der Waals surface area (Å²) in [5.74, 6) is 1.90. The summed E-state index contributed by atoms with van der Waals surface area (Å²) in [6.07, 6.45) is 1.83. The van der Waals surface area contributed by atoms with Crippen LogP contribution >= 0.6 is 11.6 Å². The quantitative estimate of drug-likeness (QED) is 0.516. The van der Waals surface area contributed by atoms with Crippen LogP contribution in [0.15, 0.2) is 53.1 Å². The van der Waals surface area contributed by atoms with E-state index in [0.29, 0.717) is 43.0 Å². The van der Waals surface area contributed by atoms with Gasteiger partial charge in [-0.25, -0.2) is 0 Å². The third-order valence-corrected chi connectivity index (χ3v) is 5.75. The van der Waals surface area contributed by atoms with Gasteiger partial charge in [-0.05, 0) is 62.7 Å². The van der Waals surface area contributed by atoms with Gasteiger partial charge in [-0.1, -0.05) is 34.5 Å². The number of nitrogens with one attached hydrogen (secondary N) is 1. The lowest BCUT2D eigenvalue weighted by Gasteiger charge is -2.30. The van der Waals surface area contributed by atoms with Crippen molar-refractivity contribution in [2.45, 2.75) is 26.3 Å². The van der Waals surface area contributed by atoms with Crippen molar-refractivity contribution in [1.82, 2.24) is 20.4 Å². The number of carbonyl (C=O) groups excluding carboxylic acids is 1. The number of piperidine rings is 1. The number of nitrogens with zero attached hydrogens (tertiary/aromatic N) is 3. The molecule has 1 unspecified atom stereocenters. The van der Waals surface area contributed by atoms with Crippen molar-refractivity contribution in [2.24, 2.45) is 5.92 Å². The number of hydrogen-bond acceptors (Lipinski definition) is 6. The van der Waals surface area contributed by atoms with Gasteiger partial charge in [0, 0.05) is 17.1 Å². The van der Waals surface area contributed by atoms with Crippen LogP contribution in [0.5, 0.6) is 5.75 Å². The van der Waals surface area contributed by atoms with E-state index in [1.165, 1.54) is 5.56 Å². The minimum Gasteiger partial charge on any atom is -0.492 e. The Morgan fingerprint density at radius 2 is 2.00 bits per heavy atom. The summed E-state index contributed by atoms with van der Waals surface area (Å²) < 4.78 is 11.1. The molecule has 32 heavy (non-hydrogen) atoms. The summed E-state index contributed by atoms with van der Waals surface area (Å²) in [7, 11) is 0. The first-order valence-corrected chi connectivity index (χ1v) is 11.2. The zero-order valence-electron chi connectivity index (χ0n) is 18.1. The Bertz CT molecular complexity index is 1020. The summed E-state index contributed by atoms with van der Waals surface area (Å²) in [6, 6.07) is 15.2. The Labute approximate surface area is 192 Å². The maximum atomic E-state index is 12.6. The molecule has 1 saturated heterocycles. The van der Waals surface area contributed by atoms with Gasteiger partial charge in [-0.2, -0.15) is 4.98 Å². The van der Waals surface area contributed by atoms with Gasteiger partial charge >= 0.3 is 0 Å². The van der Waals surface area contributed by atoms with Crippen LogP contribution < -0.4 is 10.1 Å². The van der Waals surface area contributed by atoms with Gasteiger partial charge in [0.2, 0.25) is 17.6 Å². The van der Waals surface area contributed by atoms with E-state index >= 15 is 0 Å². The van der Waals surface area contributed by atoms with Crippen molar-refractivity contribution in [1.29, 1.82) is 0 Å². The van der Waals surface area contributed by atoms with E-state index in [1.54, 1.807) is 12.1 Å². The number of benzene rings is 2. The number of rotatable bonds is 8. The van der Waals surface area contributed by atoms with Crippen LogP contribution in [0.25, 0.3) is 11.4 Å². The van der Waals surface area contributed by atoms with Gasteiger partial charge < -0.3 is 14.6 Å². The van der Waals surface area contributed by atoms with Crippen molar-refractivity contribution in [3.63, 3.8) is 0 Å². The predicted octanol–water partition coefficient (Wildman–Crippen LogP) is 4.11. The Balaban J connectivity index is 1.23. The van der Waals surface area contributed by atoms with Crippen molar-refractivity contribution in [3.05, 3.63) is 65.0 Å². The molecule has 1 aliphatic heterocycles. The first kappa shape index (κ1) is 22.3. The molecule has 0 spiro atoms. The van der Waals surface area contributed by atoms with Gasteiger partial charge in [-0.15, -0.1) is 0 Å². The van der Waals surface area contributed by atoms with Gasteiger partial charge in [0.25, 0.3) is 0 Å². The molecule has 1 amide bonds. The van der Waals surface area contributed by atoms with E-state index in [1.807, 2.05) is 43.3 Å². The molecule has 4 rings (SSSR count). The molecule has 1 aliphatic rings. The van der Waals surface area contributed by atoms with Gasteiger partial charge in [0.15, 0.2) is 0 Å². The fourth-order valence-corrected chi connectivity index (χ4v) is 3.89. The topological polar surface area (TPSA) is 80.5 Å². The minimum atomic E-state index is -0.0539. The molecule has 1 aromatic heterocycles. The molecule has 1 fully saturated rings. The largest absolute Gasteiger partial charge is 0.492 e. The lowest BCUT2D eigenvalue weighted by Crippen LogP contribution is -2.43. The number of aromatic nitrogens is 2. The van der Waals surface area contributed by atoms with E-state index in [9.17, 15) is 4.79 Å². The van der Waals surface area contributed by atoms with E-state index < -0.39 is 0 Å². The van der Waals surface area contributed by atoms with Crippen molar-refractivity contribution in [3.8, 4) is 17.1 Å². The van der Waals surface area contributed by atoms with Gasteiger partial charge in [-0.3, -0.25) is 9.69 Å². The molecule has 0 radical (unpaired) electrons. The molecule has 2 aromatic carbocycles. The normalized spacial score (nSPS) is 16.6. The second-order valence-electron chi connectivity index (χ2n) is 8.05. The SMILES string of the molecule is Cc1ccc(OCCNC(=O)C2CCCN(Cc3nc(-c4ccc(Cl)cc4)no3)C2)cc1. The summed E-state index contributed by atoms with van der Waals surface area (Å²) in [4.78, 5) is 19.3. The summed E-state index contributed by atoms with van der Waals surface area (Å²) in [5, 5.41) is 7.73. The van der Waals surface area contributed by atoms with Crippen LogP contribution in [0.2, 0.25) is 5.02 Å². The zero-order valence-corrected chi connectivity index (χ0v) is 18.8. The number of halogens is 1. The fourth-order valence-electron chi connectivity index (χ4n) is 3.76. The molecule has 1 N–H and O–H groups in total. The molecule has 3 aromatic rings. The summed E-state index contributed by atoms with van der Waals surface area (Å²) in [6.45, 7) is 5.07. The third kappa shape index (κ3) is 6.08. The Morgan fingerprint density at radius 3 is 2.78 bits per heavy atom. The van der Waals surface area contributed by atoms with Crippen molar-refractivity contribution < 1.29 is 14.1 Å². The Morgan fingerprint density at radius 1 is 1.22 bits per heavy atom. The first-order valence-electron chi connectivity index (χ1n) is 10.8. The molecule has 168 valence electrons. The molecule has 1 atom stereocenters. The highest BCUT2D eigenvalue weighted by molar-refractivity contribution is 6.30. The van der Waals surface area contributed by atoms with E-state index in [-0.39, 0.29) is 11.8 Å². The maximum Gasteiger partial charge on any atom is 0.241 e. The van der Waals surface area contributed by atoms with Gasteiger partial charge in [0.05, 0.1) is 19.0 Å². The first-order chi connectivity index (χ1) is 15.6. The van der Waals surface area contributed by atoms with E-state index in [0.717, 1.165) is 30.7 Å². The van der Waals surface area contributed by atoms with Crippen molar-refractivity contribution >= 4 is 17.5 Å². The lowest BCUT2D eigenvalue weighted by molar-refractivity contribution is -0.126. The molecule has 2 heterocycles. The maximum absolute atomic E-state index is 12.6. The Hall–Kier alpha value is -2.90. The molecule has 0 aliphatic carbocycles. The number of amides is 1. The predicted molar refractivity (Wildman–Crippen MR) is 122 cm³/mol. The van der Waals surface area contributed by atoms with Gasteiger partial charge in [0.1, 0.15) is 12.4 Å². The van der Waals surface area contributed by atoms with Crippen molar-refractivity contribution in [2.75, 3.05) is 26.2 Å². The number of hydrogen-bond donors (Lipinski definition) is 1. The van der Waals surface area contributed by atoms with Crippen LogP contribution in [-0.4, -0.2) is 47.2 Å². The monoisotopic (exact) mass is 454 g/mol. The highest BCUT2D eigenvalue weighted by atomic mass is 35.5. The standard InChI is InChI=1S/C24H27ClN4O3/c1-17-4-10-21(11-5-17)31-14-12-26-24(30)19-3-2-13-29(15-19)16-22-27-23(28-32-22)18-6-8-20(25)9-7-18/h4-11,19H,2-3,12-16H2,1H3,(H,26,30). The smallest absolute Gasteiger partial charge is 0.241 e. The van der Waals surface area contributed by atoms with Crippen LogP contribution in [0.1, 0.15) is 24.3 Å². The van der Waals surface area contributed by atoms with Crippen LogP contribution in [0, 0.1) is 12.8 Å². The fraction of sp³-hybridized carbons (Fsp3) is 0.375. The molecular formula is C24H27ClN4O3. The molecular weight excluding hydrogens is 428 g/mol. The Kier molecular flexibility index (Phi) is 7.39. The summed E-state index contributed by atoms with van der Waals surface area (Å²) >= 11 is 5.93. The number of ether oxygens (including phenoxy) is 1. The van der Waals surface area contributed by atoms with E-state index in [4.69, 9.17) is 20.9 Å². The lowest BCUT2D eigenvalue weighted by atomic mass is 9.97. The average molecular weight is 455 g/mol.